The molecule has 0 radical (unpaired) electrons. The maximum absolute atomic E-state index is 13.2. The normalized spacial score (nSPS) is 24.3. The van der Waals surface area contributed by atoms with E-state index in [1.54, 1.807) is 18.2 Å². The number of likely N-dealkylation sites (tertiary alicyclic amines) is 1. The van der Waals surface area contributed by atoms with Crippen LogP contribution in [0.1, 0.15) is 41.6 Å². The first-order chi connectivity index (χ1) is 12.9. The Labute approximate surface area is 157 Å². The van der Waals surface area contributed by atoms with Gasteiger partial charge < -0.3 is 14.7 Å². The fourth-order valence-electron chi connectivity index (χ4n) is 4.14. The van der Waals surface area contributed by atoms with E-state index in [0.29, 0.717) is 31.5 Å². The summed E-state index contributed by atoms with van der Waals surface area (Å²) in [6.07, 6.45) is 2.78. The molecule has 2 heterocycles. The third-order valence-electron chi connectivity index (χ3n) is 5.81. The number of hydrogen-bond acceptors (Lipinski definition) is 4. The van der Waals surface area contributed by atoms with Gasteiger partial charge >= 0.3 is 5.97 Å². The van der Waals surface area contributed by atoms with E-state index in [2.05, 4.69) is 0 Å². The Bertz CT molecular complexity index is 780. The molecule has 1 aromatic rings. The fraction of sp³-hybridized carbons (Fsp3) is 0.550. The third kappa shape index (κ3) is 3.20. The fourth-order valence-corrected chi connectivity index (χ4v) is 4.14. The molecule has 1 atom stereocenters. The summed E-state index contributed by atoms with van der Waals surface area (Å²) in [6.45, 7) is 2.84. The topological polar surface area (TPSA) is 87.2 Å². The van der Waals surface area contributed by atoms with Crippen molar-refractivity contribution in [3.05, 3.63) is 35.4 Å². The van der Waals surface area contributed by atoms with Gasteiger partial charge in [0.15, 0.2) is 6.04 Å². The predicted octanol–water partition coefficient (Wildman–Crippen LogP) is 1.65. The van der Waals surface area contributed by atoms with Crippen molar-refractivity contribution in [2.24, 2.45) is 5.92 Å². The van der Waals surface area contributed by atoms with E-state index in [9.17, 15) is 19.5 Å². The molecule has 1 unspecified atom stereocenters. The number of piperidine rings is 1. The average molecular weight is 372 g/mol. The third-order valence-corrected chi connectivity index (χ3v) is 5.81. The zero-order valence-corrected chi connectivity index (χ0v) is 15.4. The van der Waals surface area contributed by atoms with Crippen molar-refractivity contribution in [1.29, 1.82) is 0 Å². The maximum atomic E-state index is 13.2. The number of rotatable bonds is 3. The molecule has 1 N–H and O–H groups in total. The molecule has 27 heavy (non-hydrogen) atoms. The van der Waals surface area contributed by atoms with Crippen LogP contribution in [0.25, 0.3) is 0 Å². The number of carbonyl (C=O) groups excluding carboxylic acids is 2. The molecule has 2 amide bonds. The van der Waals surface area contributed by atoms with Gasteiger partial charge in [0.2, 0.25) is 5.91 Å². The number of amides is 2. The first-order valence-corrected chi connectivity index (χ1v) is 9.47. The molecular weight excluding hydrogens is 348 g/mol. The minimum atomic E-state index is -1.07. The van der Waals surface area contributed by atoms with Crippen LogP contribution < -0.4 is 0 Å². The smallest absolute Gasteiger partial charge is 0.328 e. The summed E-state index contributed by atoms with van der Waals surface area (Å²) in [6, 6.07) is 6.14. The first kappa shape index (κ1) is 18.0. The monoisotopic (exact) mass is 372 g/mol. The van der Waals surface area contributed by atoms with Gasteiger partial charge in [0.25, 0.3) is 5.91 Å². The predicted molar refractivity (Wildman–Crippen MR) is 96.0 cm³/mol. The Kier molecular flexibility index (Phi) is 4.42. The van der Waals surface area contributed by atoms with E-state index in [1.807, 2.05) is 17.9 Å². The second-order valence-electron chi connectivity index (χ2n) is 7.76. The van der Waals surface area contributed by atoms with Gasteiger partial charge in [-0.05, 0) is 31.9 Å². The van der Waals surface area contributed by atoms with Crippen molar-refractivity contribution >= 4 is 17.8 Å². The Balaban J connectivity index is 1.58. The van der Waals surface area contributed by atoms with E-state index in [1.165, 1.54) is 4.90 Å². The number of carboxylic acids is 1. The molecule has 1 spiro atoms. The standard InChI is InChI=1S/C20H24N2O5/c1-13-3-2-4-15(11-13)18(24)22-16(19(25)26)12-27-20(22)7-9-21(10-8-20)17(23)14-5-6-14/h2-4,11,14,16H,5-10,12H2,1H3,(H,25,26). The number of benzene rings is 1. The van der Waals surface area contributed by atoms with Gasteiger partial charge in [0.1, 0.15) is 5.72 Å². The molecule has 144 valence electrons. The highest BCUT2D eigenvalue weighted by molar-refractivity contribution is 5.97. The van der Waals surface area contributed by atoms with Crippen molar-refractivity contribution in [1.82, 2.24) is 9.80 Å². The molecule has 1 saturated carbocycles. The zero-order chi connectivity index (χ0) is 19.2. The van der Waals surface area contributed by atoms with Crippen LogP contribution in [-0.4, -0.2) is 64.2 Å². The van der Waals surface area contributed by atoms with Crippen LogP contribution in [0.5, 0.6) is 0 Å². The molecule has 2 saturated heterocycles. The van der Waals surface area contributed by atoms with Gasteiger partial charge in [-0.15, -0.1) is 0 Å². The van der Waals surface area contributed by atoms with E-state index >= 15 is 0 Å². The molecule has 7 nitrogen and oxygen atoms in total. The van der Waals surface area contributed by atoms with Gasteiger partial charge in [-0.3, -0.25) is 14.5 Å². The van der Waals surface area contributed by atoms with E-state index in [-0.39, 0.29) is 24.3 Å². The Hall–Kier alpha value is -2.41. The molecule has 3 aliphatic rings. The molecule has 1 aliphatic carbocycles. The zero-order valence-electron chi connectivity index (χ0n) is 15.4. The van der Waals surface area contributed by atoms with Crippen LogP contribution in [0.4, 0.5) is 0 Å². The van der Waals surface area contributed by atoms with Crippen LogP contribution in [0.15, 0.2) is 24.3 Å². The summed E-state index contributed by atoms with van der Waals surface area (Å²) in [5.74, 6) is -1.07. The lowest BCUT2D eigenvalue weighted by Crippen LogP contribution is -2.58. The highest BCUT2D eigenvalue weighted by atomic mass is 16.5. The largest absolute Gasteiger partial charge is 0.480 e. The summed E-state index contributed by atoms with van der Waals surface area (Å²) in [5.41, 5.74) is 0.443. The minimum absolute atomic E-state index is 0.0243. The molecule has 7 heteroatoms. The molecular formula is C20H24N2O5. The quantitative estimate of drug-likeness (QED) is 0.872. The second kappa shape index (κ2) is 6.64. The number of hydrogen-bond donors (Lipinski definition) is 1. The lowest BCUT2D eigenvalue weighted by atomic mass is 9.96. The number of carboxylic acid groups (broad SMARTS) is 1. The second-order valence-corrected chi connectivity index (χ2v) is 7.76. The van der Waals surface area contributed by atoms with Crippen molar-refractivity contribution in [3.63, 3.8) is 0 Å². The highest BCUT2D eigenvalue weighted by Gasteiger charge is 2.54. The van der Waals surface area contributed by atoms with Crippen LogP contribution in [0.3, 0.4) is 0 Å². The number of carbonyl (C=O) groups is 3. The number of aliphatic carboxylic acids is 1. The van der Waals surface area contributed by atoms with Crippen molar-refractivity contribution in [2.75, 3.05) is 19.7 Å². The SMILES string of the molecule is Cc1cccc(C(=O)N2C(C(=O)O)COC23CCN(C(=O)C2CC2)CC3)c1. The molecule has 0 bridgehead atoms. The minimum Gasteiger partial charge on any atom is -0.480 e. The summed E-state index contributed by atoms with van der Waals surface area (Å²) in [5, 5.41) is 9.63. The van der Waals surface area contributed by atoms with E-state index < -0.39 is 17.7 Å². The molecule has 3 fully saturated rings. The Morgan fingerprint density at radius 2 is 1.89 bits per heavy atom. The van der Waals surface area contributed by atoms with Gasteiger partial charge in [-0.1, -0.05) is 17.7 Å². The molecule has 1 aromatic carbocycles. The summed E-state index contributed by atoms with van der Waals surface area (Å²) < 4.78 is 5.93. The molecule has 4 rings (SSSR count). The summed E-state index contributed by atoms with van der Waals surface area (Å²) in [7, 11) is 0. The van der Waals surface area contributed by atoms with Crippen molar-refractivity contribution < 1.29 is 24.2 Å². The Morgan fingerprint density at radius 1 is 1.19 bits per heavy atom. The van der Waals surface area contributed by atoms with Crippen LogP contribution >= 0.6 is 0 Å². The average Bonchev–Trinajstić information content (AvgIpc) is 3.44. The lowest BCUT2D eigenvalue weighted by Gasteiger charge is -2.44. The Morgan fingerprint density at radius 3 is 2.48 bits per heavy atom. The first-order valence-electron chi connectivity index (χ1n) is 9.47. The van der Waals surface area contributed by atoms with Gasteiger partial charge in [0, 0.05) is 37.4 Å². The molecule has 2 aliphatic heterocycles. The van der Waals surface area contributed by atoms with Gasteiger partial charge in [-0.25, -0.2) is 4.79 Å². The van der Waals surface area contributed by atoms with Crippen LogP contribution in [0.2, 0.25) is 0 Å². The van der Waals surface area contributed by atoms with Crippen molar-refractivity contribution in [2.45, 2.75) is 44.4 Å². The van der Waals surface area contributed by atoms with Gasteiger partial charge in [-0.2, -0.15) is 0 Å². The number of aryl methyl sites for hydroxylation is 1. The number of ether oxygens (including phenoxy) is 1. The van der Waals surface area contributed by atoms with E-state index in [0.717, 1.165) is 18.4 Å². The van der Waals surface area contributed by atoms with Crippen molar-refractivity contribution in [3.8, 4) is 0 Å². The summed E-state index contributed by atoms with van der Waals surface area (Å²) >= 11 is 0. The van der Waals surface area contributed by atoms with E-state index in [4.69, 9.17) is 4.74 Å². The maximum Gasteiger partial charge on any atom is 0.328 e. The molecule has 0 aromatic heterocycles. The summed E-state index contributed by atoms with van der Waals surface area (Å²) in [4.78, 5) is 40.6. The lowest BCUT2D eigenvalue weighted by molar-refractivity contribution is -0.148. The van der Waals surface area contributed by atoms with Gasteiger partial charge in [0.05, 0.1) is 6.61 Å². The number of nitrogens with zero attached hydrogens (tertiary/aromatic N) is 2. The highest BCUT2D eigenvalue weighted by Crippen LogP contribution is 2.40. The van der Waals surface area contributed by atoms with Crippen LogP contribution in [-0.2, 0) is 14.3 Å². The van der Waals surface area contributed by atoms with Crippen LogP contribution in [0, 0.1) is 12.8 Å².